The molecule has 0 amide bonds. The first-order valence-electron chi connectivity index (χ1n) is 9.33. The molecule has 0 fully saturated rings. The summed E-state index contributed by atoms with van der Waals surface area (Å²) in [5.41, 5.74) is 2.67. The van der Waals surface area contributed by atoms with Crippen molar-refractivity contribution in [1.29, 1.82) is 0 Å². The fourth-order valence-corrected chi connectivity index (χ4v) is 3.15. The lowest BCUT2D eigenvalue weighted by Gasteiger charge is -2.07. The molecule has 5 rings (SSSR count). The molecule has 152 valence electrons. The lowest BCUT2D eigenvalue weighted by atomic mass is 10.1. The Morgan fingerprint density at radius 2 is 1.68 bits per heavy atom. The van der Waals surface area contributed by atoms with Crippen LogP contribution in [0, 0.1) is 11.6 Å². The molecule has 0 saturated carbocycles. The van der Waals surface area contributed by atoms with Crippen LogP contribution in [0.15, 0.2) is 67.1 Å². The maximum absolute atomic E-state index is 14.0. The zero-order valence-corrected chi connectivity index (χ0v) is 15.9. The van der Waals surface area contributed by atoms with Crippen LogP contribution >= 0.6 is 0 Å². The second-order valence-electron chi connectivity index (χ2n) is 6.86. The first-order valence-corrected chi connectivity index (χ1v) is 9.33. The summed E-state index contributed by atoms with van der Waals surface area (Å²) < 4.78 is 29.3. The summed E-state index contributed by atoms with van der Waals surface area (Å²) in [4.78, 5) is 12.7. The average Bonchev–Trinajstić information content (AvgIpc) is 3.20. The van der Waals surface area contributed by atoms with Gasteiger partial charge in [0.05, 0.1) is 29.8 Å². The highest BCUT2D eigenvalue weighted by molar-refractivity contribution is 5.64. The molecule has 7 nitrogen and oxygen atoms in total. The van der Waals surface area contributed by atoms with Crippen LogP contribution in [0.4, 0.5) is 8.78 Å². The van der Waals surface area contributed by atoms with Gasteiger partial charge in [-0.2, -0.15) is 10.2 Å². The predicted molar refractivity (Wildman–Crippen MR) is 108 cm³/mol. The Labute approximate surface area is 175 Å². The highest BCUT2D eigenvalue weighted by atomic mass is 19.2. The molecule has 1 aromatic heterocycles. The summed E-state index contributed by atoms with van der Waals surface area (Å²) in [6, 6.07) is 14.3. The summed E-state index contributed by atoms with van der Waals surface area (Å²) in [6.45, 7) is 0.391. The lowest BCUT2D eigenvalue weighted by Crippen LogP contribution is -2.05. The zero-order chi connectivity index (χ0) is 21.4. The van der Waals surface area contributed by atoms with E-state index < -0.39 is 11.6 Å². The number of phenolic OH excluding ortho intramolecular Hbond substituents is 1. The molecule has 0 aliphatic carbocycles. The van der Waals surface area contributed by atoms with Gasteiger partial charge in [-0.3, -0.25) is 0 Å². The van der Waals surface area contributed by atoms with Crippen LogP contribution in [0.2, 0.25) is 0 Å². The monoisotopic (exact) mass is 416 g/mol. The Morgan fingerprint density at radius 3 is 2.45 bits per heavy atom. The van der Waals surface area contributed by atoms with Crippen molar-refractivity contribution in [3.05, 3.63) is 84.4 Å². The highest BCUT2D eigenvalue weighted by Crippen LogP contribution is 2.26. The number of fused-ring (bicyclic) bond motifs is 1. The smallest absolute Gasteiger partial charge is 0.183 e. The number of imidazole rings is 1. The van der Waals surface area contributed by atoms with Gasteiger partial charge in [0.1, 0.15) is 11.4 Å². The highest BCUT2D eigenvalue weighted by Gasteiger charge is 2.18. The third-order valence-corrected chi connectivity index (χ3v) is 4.70. The minimum Gasteiger partial charge on any atom is -0.508 e. The van der Waals surface area contributed by atoms with E-state index >= 15 is 0 Å². The van der Waals surface area contributed by atoms with Crippen LogP contribution in [0.1, 0.15) is 5.69 Å². The van der Waals surface area contributed by atoms with Crippen molar-refractivity contribution in [2.45, 2.75) is 6.54 Å². The Morgan fingerprint density at radius 1 is 0.839 bits per heavy atom. The number of hydrogen-bond acceptors (Lipinski definition) is 6. The first kappa shape index (κ1) is 18.7. The van der Waals surface area contributed by atoms with E-state index in [1.165, 1.54) is 12.1 Å². The molecule has 0 spiro atoms. The third-order valence-electron chi connectivity index (χ3n) is 4.70. The minimum absolute atomic E-state index is 0.0137. The van der Waals surface area contributed by atoms with Crippen molar-refractivity contribution < 1.29 is 13.9 Å². The number of aromatic nitrogens is 6. The Hall–Kier alpha value is -4.27. The second kappa shape index (κ2) is 7.52. The van der Waals surface area contributed by atoms with Gasteiger partial charge in [-0.25, -0.2) is 23.7 Å². The summed E-state index contributed by atoms with van der Waals surface area (Å²) in [5, 5.41) is 17.9. The van der Waals surface area contributed by atoms with E-state index in [2.05, 4.69) is 25.1 Å². The van der Waals surface area contributed by atoms with Crippen molar-refractivity contribution in [2.75, 3.05) is 0 Å². The van der Waals surface area contributed by atoms with Crippen LogP contribution in [0.5, 0.6) is 5.75 Å². The number of halogens is 2. The van der Waals surface area contributed by atoms with Gasteiger partial charge in [-0.15, -0.1) is 0 Å². The van der Waals surface area contributed by atoms with Crippen molar-refractivity contribution >= 4 is 0 Å². The molecule has 0 atom stereocenters. The number of rotatable bonds is 4. The lowest BCUT2D eigenvalue weighted by molar-refractivity contribution is 0.475. The molecule has 3 heterocycles. The first-order chi connectivity index (χ1) is 15.1. The van der Waals surface area contributed by atoms with Gasteiger partial charge in [0, 0.05) is 11.8 Å². The van der Waals surface area contributed by atoms with E-state index in [-0.39, 0.29) is 17.1 Å². The molecule has 2 aromatic carbocycles. The van der Waals surface area contributed by atoms with Crippen LogP contribution in [0.3, 0.4) is 0 Å². The zero-order valence-electron chi connectivity index (χ0n) is 15.9. The Bertz CT molecular complexity index is 1340. The normalized spacial score (nSPS) is 11.2. The third kappa shape index (κ3) is 3.68. The second-order valence-corrected chi connectivity index (χ2v) is 6.86. The van der Waals surface area contributed by atoms with E-state index in [1.54, 1.807) is 41.4 Å². The van der Waals surface area contributed by atoms with Gasteiger partial charge in [-0.1, -0.05) is 6.07 Å². The number of aromatic hydroxyl groups is 1. The molecule has 0 radical (unpaired) electrons. The molecule has 9 heteroatoms. The largest absolute Gasteiger partial charge is 0.508 e. The van der Waals surface area contributed by atoms with Gasteiger partial charge < -0.3 is 9.67 Å². The summed E-state index contributed by atoms with van der Waals surface area (Å²) in [6.07, 6.45) is 3.28. The minimum atomic E-state index is -0.991. The van der Waals surface area contributed by atoms with Crippen LogP contribution in [0.25, 0.3) is 34.2 Å². The molecule has 3 aromatic rings. The fraction of sp³-hybridized carbons (Fsp3) is 0.0455. The Balaban J connectivity index is 1.39. The van der Waals surface area contributed by atoms with Gasteiger partial charge >= 0.3 is 0 Å². The van der Waals surface area contributed by atoms with Crippen LogP contribution in [-0.4, -0.2) is 34.8 Å². The van der Waals surface area contributed by atoms with E-state index in [0.29, 0.717) is 29.5 Å². The molecular weight excluding hydrogens is 402 g/mol. The maximum atomic E-state index is 14.0. The topological polar surface area (TPSA) is 89.6 Å². The van der Waals surface area contributed by atoms with Crippen molar-refractivity contribution in [1.82, 2.24) is 29.7 Å². The molecule has 0 unspecified atom stereocenters. The fourth-order valence-electron chi connectivity index (χ4n) is 3.15. The van der Waals surface area contributed by atoms with E-state index in [1.807, 2.05) is 12.1 Å². The molecule has 2 aliphatic rings. The number of hydrogen-bond donors (Lipinski definition) is 1. The quantitative estimate of drug-likeness (QED) is 0.477. The molecular formula is C22H14F2N6O. The molecule has 0 saturated heterocycles. The number of nitrogens with zero attached hydrogens (tertiary/aromatic N) is 6. The van der Waals surface area contributed by atoms with Gasteiger partial charge in [0.25, 0.3) is 0 Å². The maximum Gasteiger partial charge on any atom is 0.183 e. The SMILES string of the molecule is Oc1ccc(-c2ccc(Cn3cnc4nc(-c5cccc(F)c5F)nc-4c3)nn2)cc1. The van der Waals surface area contributed by atoms with Crippen molar-refractivity contribution in [2.24, 2.45) is 0 Å². The Kier molecular flexibility index (Phi) is 4.55. The van der Waals surface area contributed by atoms with E-state index in [0.717, 1.165) is 11.6 Å². The average molecular weight is 416 g/mol. The van der Waals surface area contributed by atoms with Crippen LogP contribution < -0.4 is 0 Å². The predicted octanol–water partition coefficient (Wildman–Crippen LogP) is 3.93. The molecule has 0 bridgehead atoms. The molecule has 1 N–H and O–H groups in total. The summed E-state index contributed by atoms with van der Waals surface area (Å²) in [5.74, 6) is -1.34. The van der Waals surface area contributed by atoms with Crippen LogP contribution in [-0.2, 0) is 6.54 Å². The van der Waals surface area contributed by atoms with Gasteiger partial charge in [0.2, 0.25) is 0 Å². The number of phenols is 1. The summed E-state index contributed by atoms with van der Waals surface area (Å²) in [7, 11) is 0. The van der Waals surface area contributed by atoms with E-state index in [4.69, 9.17) is 0 Å². The number of benzene rings is 2. The standard InChI is InChI=1S/C22H14F2N6O/c23-17-3-1-2-16(20(17)24)21-26-19-11-30(12-25-22(19)27-21)10-14-6-9-18(29-28-14)13-4-7-15(31)8-5-13/h1-9,11-12,31H,10H2. The van der Waals surface area contributed by atoms with Gasteiger partial charge in [0.15, 0.2) is 23.3 Å². The van der Waals surface area contributed by atoms with Crippen molar-refractivity contribution in [3.8, 4) is 39.9 Å². The van der Waals surface area contributed by atoms with Crippen molar-refractivity contribution in [3.63, 3.8) is 0 Å². The van der Waals surface area contributed by atoms with E-state index in [9.17, 15) is 13.9 Å². The molecule has 31 heavy (non-hydrogen) atoms. The molecule has 2 aliphatic heterocycles. The van der Waals surface area contributed by atoms with Gasteiger partial charge in [-0.05, 0) is 48.5 Å². The summed E-state index contributed by atoms with van der Waals surface area (Å²) >= 11 is 0.